The Kier molecular flexibility index (Phi) is 4.47. The van der Waals surface area contributed by atoms with Crippen LogP contribution in [0.4, 0.5) is 13.2 Å². The van der Waals surface area contributed by atoms with E-state index < -0.39 is 23.4 Å². The van der Waals surface area contributed by atoms with Gasteiger partial charge < -0.3 is 10.1 Å². The zero-order valence-electron chi connectivity index (χ0n) is 11.1. The lowest BCUT2D eigenvalue weighted by Gasteiger charge is -2.07. The van der Waals surface area contributed by atoms with Crippen molar-refractivity contribution in [3.63, 3.8) is 0 Å². The van der Waals surface area contributed by atoms with Gasteiger partial charge in [0.1, 0.15) is 11.6 Å². The molecule has 0 saturated heterocycles. The van der Waals surface area contributed by atoms with Crippen molar-refractivity contribution in [3.05, 3.63) is 65.0 Å². The monoisotopic (exact) mass is 295 g/mol. The van der Waals surface area contributed by atoms with Gasteiger partial charge in [0.2, 0.25) is 0 Å². The van der Waals surface area contributed by atoms with Gasteiger partial charge in [0.05, 0.1) is 7.11 Å². The van der Waals surface area contributed by atoms with Crippen molar-refractivity contribution in [3.8, 4) is 5.75 Å². The van der Waals surface area contributed by atoms with Crippen LogP contribution < -0.4 is 10.1 Å². The molecule has 21 heavy (non-hydrogen) atoms. The Morgan fingerprint density at radius 1 is 1.10 bits per heavy atom. The number of hydrogen-bond acceptors (Lipinski definition) is 2. The molecule has 0 spiro atoms. The van der Waals surface area contributed by atoms with Crippen LogP contribution in [0.25, 0.3) is 0 Å². The minimum Gasteiger partial charge on any atom is -0.494 e. The van der Waals surface area contributed by atoms with Crippen LogP contribution in [0.5, 0.6) is 5.75 Å². The van der Waals surface area contributed by atoms with E-state index in [0.29, 0.717) is 0 Å². The topological polar surface area (TPSA) is 38.3 Å². The molecule has 0 aliphatic heterocycles. The molecule has 0 aliphatic carbocycles. The van der Waals surface area contributed by atoms with E-state index in [-0.39, 0.29) is 23.4 Å². The molecule has 0 fully saturated rings. The third-order valence-corrected chi connectivity index (χ3v) is 2.79. The first-order chi connectivity index (χ1) is 9.99. The molecule has 2 aromatic rings. The van der Waals surface area contributed by atoms with E-state index in [1.807, 2.05) is 0 Å². The normalized spacial score (nSPS) is 10.3. The Balaban J connectivity index is 2.06. The smallest absolute Gasteiger partial charge is 0.251 e. The maximum Gasteiger partial charge on any atom is 0.251 e. The lowest BCUT2D eigenvalue weighted by Crippen LogP contribution is -2.23. The summed E-state index contributed by atoms with van der Waals surface area (Å²) in [6.07, 6.45) is 0. The van der Waals surface area contributed by atoms with Gasteiger partial charge in [0, 0.05) is 18.2 Å². The van der Waals surface area contributed by atoms with Crippen LogP contribution in [0.2, 0.25) is 0 Å². The first-order valence-corrected chi connectivity index (χ1v) is 6.06. The van der Waals surface area contributed by atoms with E-state index in [9.17, 15) is 18.0 Å². The van der Waals surface area contributed by atoms with Crippen LogP contribution in [0.3, 0.4) is 0 Å². The number of carbonyl (C=O) groups excluding carboxylic acids is 1. The Bertz CT molecular complexity index is 654. The second-order valence-electron chi connectivity index (χ2n) is 4.31. The Morgan fingerprint density at radius 2 is 1.76 bits per heavy atom. The number of methoxy groups -OCH3 is 1. The number of hydrogen-bond donors (Lipinski definition) is 1. The molecule has 0 saturated carbocycles. The van der Waals surface area contributed by atoms with Crippen molar-refractivity contribution >= 4 is 5.91 Å². The number of amides is 1. The molecule has 1 N–H and O–H groups in total. The predicted octanol–water partition coefficient (Wildman–Crippen LogP) is 3.04. The molecule has 0 aliphatic rings. The van der Waals surface area contributed by atoms with Gasteiger partial charge in [-0.25, -0.2) is 13.2 Å². The van der Waals surface area contributed by atoms with Gasteiger partial charge in [-0.15, -0.1) is 0 Å². The summed E-state index contributed by atoms with van der Waals surface area (Å²) >= 11 is 0. The molecule has 1 amide bonds. The van der Waals surface area contributed by atoms with E-state index in [1.54, 1.807) is 0 Å². The van der Waals surface area contributed by atoms with Gasteiger partial charge in [0.25, 0.3) is 5.91 Å². The molecular weight excluding hydrogens is 283 g/mol. The highest BCUT2D eigenvalue weighted by molar-refractivity contribution is 5.94. The van der Waals surface area contributed by atoms with Crippen molar-refractivity contribution in [1.29, 1.82) is 0 Å². The highest BCUT2D eigenvalue weighted by atomic mass is 19.1. The van der Waals surface area contributed by atoms with Crippen LogP contribution in [0.1, 0.15) is 15.9 Å². The summed E-state index contributed by atoms with van der Waals surface area (Å²) in [5.41, 5.74) is 0.361. The maximum atomic E-state index is 13.5. The fraction of sp³-hybridized carbons (Fsp3) is 0.133. The van der Waals surface area contributed by atoms with Gasteiger partial charge in [-0.2, -0.15) is 0 Å². The molecule has 0 atom stereocenters. The summed E-state index contributed by atoms with van der Waals surface area (Å²) in [5, 5.41) is 2.45. The molecule has 3 nitrogen and oxygen atoms in total. The largest absolute Gasteiger partial charge is 0.494 e. The molecule has 0 bridgehead atoms. The molecule has 0 aromatic heterocycles. The molecule has 2 aromatic carbocycles. The van der Waals surface area contributed by atoms with Crippen LogP contribution in [0, 0.1) is 17.5 Å². The van der Waals surface area contributed by atoms with Gasteiger partial charge in [0.15, 0.2) is 11.6 Å². The maximum absolute atomic E-state index is 13.5. The van der Waals surface area contributed by atoms with E-state index in [0.717, 1.165) is 24.3 Å². The minimum atomic E-state index is -0.727. The lowest BCUT2D eigenvalue weighted by atomic mass is 10.1. The number of halogens is 3. The summed E-state index contributed by atoms with van der Waals surface area (Å²) in [7, 11) is 1.32. The second kappa shape index (κ2) is 6.30. The lowest BCUT2D eigenvalue weighted by molar-refractivity contribution is 0.0950. The highest BCUT2D eigenvalue weighted by Gasteiger charge is 2.10. The van der Waals surface area contributed by atoms with E-state index >= 15 is 0 Å². The number of benzene rings is 2. The zero-order chi connectivity index (χ0) is 15.4. The van der Waals surface area contributed by atoms with Crippen molar-refractivity contribution in [1.82, 2.24) is 5.32 Å². The van der Waals surface area contributed by atoms with Gasteiger partial charge in [-0.05, 0) is 35.9 Å². The Labute approximate surface area is 119 Å². The molecule has 0 radical (unpaired) electrons. The summed E-state index contributed by atoms with van der Waals surface area (Å²) in [6.45, 7) is -0.0683. The molecule has 0 heterocycles. The van der Waals surface area contributed by atoms with Crippen LogP contribution >= 0.6 is 0 Å². The number of rotatable bonds is 4. The summed E-state index contributed by atoms with van der Waals surface area (Å²) in [6, 6.07) is 6.70. The van der Waals surface area contributed by atoms with Crippen molar-refractivity contribution < 1.29 is 22.7 Å². The standard InChI is InChI=1S/C15H12F3NO2/c1-21-14-3-2-10(6-13(14)18)15(20)19-8-9-4-11(16)7-12(17)5-9/h2-7H,8H2,1H3,(H,19,20). The fourth-order valence-electron chi connectivity index (χ4n) is 1.81. The summed E-state index contributed by atoms with van der Waals surface area (Å²) in [4.78, 5) is 11.8. The van der Waals surface area contributed by atoms with Gasteiger partial charge >= 0.3 is 0 Å². The predicted molar refractivity (Wildman–Crippen MR) is 70.5 cm³/mol. The molecule has 2 rings (SSSR count). The average Bonchev–Trinajstić information content (AvgIpc) is 2.43. The third kappa shape index (κ3) is 3.75. The fourth-order valence-corrected chi connectivity index (χ4v) is 1.81. The Hall–Kier alpha value is -2.50. The van der Waals surface area contributed by atoms with Crippen LogP contribution in [0.15, 0.2) is 36.4 Å². The van der Waals surface area contributed by atoms with E-state index in [2.05, 4.69) is 5.32 Å². The molecule has 0 unspecified atom stereocenters. The van der Waals surface area contributed by atoms with E-state index in [1.165, 1.54) is 19.2 Å². The minimum absolute atomic E-state index is 0.0266. The van der Waals surface area contributed by atoms with Gasteiger partial charge in [-0.1, -0.05) is 0 Å². The first-order valence-electron chi connectivity index (χ1n) is 6.06. The van der Waals surface area contributed by atoms with Crippen molar-refractivity contribution in [2.75, 3.05) is 7.11 Å². The summed E-state index contributed by atoms with van der Waals surface area (Å²) < 4.78 is 44.2. The second-order valence-corrected chi connectivity index (χ2v) is 4.31. The number of carbonyl (C=O) groups is 1. The number of nitrogens with one attached hydrogen (secondary N) is 1. The van der Waals surface area contributed by atoms with E-state index in [4.69, 9.17) is 4.74 Å². The SMILES string of the molecule is COc1ccc(C(=O)NCc2cc(F)cc(F)c2)cc1F. The van der Waals surface area contributed by atoms with Crippen molar-refractivity contribution in [2.45, 2.75) is 6.54 Å². The molecule has 6 heteroatoms. The van der Waals surface area contributed by atoms with Crippen LogP contribution in [-0.2, 0) is 6.54 Å². The van der Waals surface area contributed by atoms with Crippen molar-refractivity contribution in [2.24, 2.45) is 0 Å². The zero-order valence-corrected chi connectivity index (χ0v) is 11.1. The third-order valence-electron chi connectivity index (χ3n) is 2.79. The summed E-state index contributed by atoms with van der Waals surface area (Å²) in [5.74, 6) is -2.65. The Morgan fingerprint density at radius 3 is 2.33 bits per heavy atom. The quantitative estimate of drug-likeness (QED) is 0.941. The number of ether oxygens (including phenoxy) is 1. The molecule has 110 valence electrons. The van der Waals surface area contributed by atoms with Gasteiger partial charge in [-0.3, -0.25) is 4.79 Å². The van der Waals surface area contributed by atoms with Crippen LogP contribution in [-0.4, -0.2) is 13.0 Å². The first kappa shape index (κ1) is 14.9. The molecular formula is C15H12F3NO2. The average molecular weight is 295 g/mol. The highest BCUT2D eigenvalue weighted by Crippen LogP contribution is 2.17.